The van der Waals surface area contributed by atoms with E-state index >= 15 is 0 Å². The number of anilines is 2. The number of alkyl halides is 3. The fraction of sp³-hybridized carbons (Fsp3) is 0.100. The van der Waals surface area contributed by atoms with Gasteiger partial charge in [-0.3, -0.25) is 10.0 Å². The second kappa shape index (κ2) is 9.38. The number of carbonyl (C=O) groups excluding carboxylic acids is 2. The van der Waals surface area contributed by atoms with Gasteiger partial charge in [0, 0.05) is 18.0 Å². The lowest BCUT2D eigenvalue weighted by Gasteiger charge is -2.26. The minimum Gasteiger partial charge on any atom is -0.459 e. The molecule has 33 heavy (non-hydrogen) atoms. The zero-order chi connectivity index (χ0) is 24.3. The largest absolute Gasteiger partial charge is 0.459 e. The number of hydrogen-bond donors (Lipinski definition) is 4. The Morgan fingerprint density at radius 2 is 1.88 bits per heavy atom. The van der Waals surface area contributed by atoms with Gasteiger partial charge in [-0.1, -0.05) is 11.6 Å². The molecule has 0 fully saturated rings. The van der Waals surface area contributed by atoms with E-state index in [0.29, 0.717) is 11.1 Å². The molecule has 3 amide bonds. The first-order valence-corrected chi connectivity index (χ1v) is 9.40. The number of primary amides is 1. The Balaban J connectivity index is 1.70. The maximum absolute atomic E-state index is 14.4. The Labute approximate surface area is 188 Å². The number of hydroxylamine groups is 2. The van der Waals surface area contributed by atoms with Crippen LogP contribution in [0.5, 0.6) is 5.75 Å². The molecule has 1 atom stereocenters. The van der Waals surface area contributed by atoms with Gasteiger partial charge in [-0.05, 0) is 42.5 Å². The number of carbonyl (C=O) groups is 2. The highest BCUT2D eigenvalue weighted by atomic mass is 35.5. The summed E-state index contributed by atoms with van der Waals surface area (Å²) in [6.45, 7) is 0. The summed E-state index contributed by atoms with van der Waals surface area (Å²) in [5, 5.41) is 14.0. The molecule has 1 heterocycles. The van der Waals surface area contributed by atoms with Crippen molar-refractivity contribution >= 4 is 34.9 Å². The van der Waals surface area contributed by atoms with Gasteiger partial charge in [0.1, 0.15) is 17.3 Å². The number of hydrogen-bond acceptors (Lipinski definition) is 5. The minimum absolute atomic E-state index is 0.0754. The number of benzene rings is 2. The molecule has 0 saturated carbocycles. The molecule has 2 aromatic carbocycles. The standard InChI is InChI=1S/C20H15ClF4N4O4/c21-13-5-3-10(8-12(13)20(23,24)25)27-19(31)28-15-6-4-11(9-14(15)22)33-16-2-1-7-29(32)17(16)18(26)30/h1-9,17,32H,(H2,26,30)(H2,27,28,31). The van der Waals surface area contributed by atoms with Crippen molar-refractivity contribution in [2.75, 3.05) is 10.6 Å². The first-order chi connectivity index (χ1) is 15.5. The van der Waals surface area contributed by atoms with E-state index < -0.39 is 40.6 Å². The van der Waals surface area contributed by atoms with Crippen LogP contribution < -0.4 is 21.1 Å². The van der Waals surface area contributed by atoms with E-state index in [1.807, 2.05) is 0 Å². The van der Waals surface area contributed by atoms with Crippen LogP contribution in [0.2, 0.25) is 5.02 Å². The van der Waals surface area contributed by atoms with Crippen molar-refractivity contribution in [2.45, 2.75) is 12.2 Å². The second-order valence-corrected chi connectivity index (χ2v) is 7.02. The number of rotatable bonds is 5. The van der Waals surface area contributed by atoms with Crippen molar-refractivity contribution in [3.63, 3.8) is 0 Å². The van der Waals surface area contributed by atoms with Crippen molar-refractivity contribution in [2.24, 2.45) is 5.73 Å². The molecule has 5 N–H and O–H groups in total. The van der Waals surface area contributed by atoms with Crippen LogP contribution in [0.3, 0.4) is 0 Å². The van der Waals surface area contributed by atoms with Crippen LogP contribution >= 0.6 is 11.6 Å². The monoisotopic (exact) mass is 486 g/mol. The average molecular weight is 487 g/mol. The summed E-state index contributed by atoms with van der Waals surface area (Å²) in [6.07, 6.45) is -0.836. The number of nitrogens with one attached hydrogen (secondary N) is 2. The fourth-order valence-electron chi connectivity index (χ4n) is 2.80. The molecule has 1 aliphatic rings. The average Bonchev–Trinajstić information content (AvgIpc) is 2.70. The van der Waals surface area contributed by atoms with Gasteiger partial charge in [0.05, 0.1) is 16.3 Å². The molecular weight excluding hydrogens is 472 g/mol. The van der Waals surface area contributed by atoms with Crippen LogP contribution in [0.15, 0.2) is 60.5 Å². The molecule has 1 aliphatic heterocycles. The molecule has 3 rings (SSSR count). The van der Waals surface area contributed by atoms with E-state index in [1.54, 1.807) is 0 Å². The van der Waals surface area contributed by atoms with E-state index in [9.17, 15) is 32.4 Å². The van der Waals surface area contributed by atoms with Crippen molar-refractivity contribution in [1.82, 2.24) is 5.06 Å². The Morgan fingerprint density at radius 1 is 1.15 bits per heavy atom. The Bertz CT molecular complexity index is 1150. The number of ether oxygens (including phenoxy) is 1. The summed E-state index contributed by atoms with van der Waals surface area (Å²) >= 11 is 5.53. The Hall–Kier alpha value is -3.77. The van der Waals surface area contributed by atoms with Crippen LogP contribution in [0.4, 0.5) is 33.7 Å². The van der Waals surface area contributed by atoms with E-state index in [2.05, 4.69) is 10.6 Å². The second-order valence-electron chi connectivity index (χ2n) is 6.61. The van der Waals surface area contributed by atoms with Crippen molar-refractivity contribution in [3.8, 4) is 5.75 Å². The molecule has 0 aliphatic carbocycles. The lowest BCUT2D eigenvalue weighted by atomic mass is 10.1. The first-order valence-electron chi connectivity index (χ1n) is 9.03. The number of nitrogens with two attached hydrogens (primary N) is 1. The molecule has 1 unspecified atom stereocenters. The molecule has 8 nitrogen and oxygen atoms in total. The van der Waals surface area contributed by atoms with Crippen LogP contribution in [0, 0.1) is 5.82 Å². The van der Waals surface area contributed by atoms with Gasteiger partial charge in [0.2, 0.25) is 0 Å². The lowest BCUT2D eigenvalue weighted by molar-refractivity contribution is -0.138. The van der Waals surface area contributed by atoms with Crippen LogP contribution in [0.1, 0.15) is 5.56 Å². The SMILES string of the molecule is NC(=O)C1C(Oc2ccc(NC(=O)Nc3ccc(Cl)c(C(F)(F)F)c3)c(F)c2)=CC=CN1O. The topological polar surface area (TPSA) is 117 Å². The van der Waals surface area contributed by atoms with Crippen LogP contribution in [-0.4, -0.2) is 28.3 Å². The summed E-state index contributed by atoms with van der Waals surface area (Å²) in [5.74, 6) is -2.02. The van der Waals surface area contributed by atoms with Crippen LogP contribution in [0.25, 0.3) is 0 Å². The molecule has 0 aromatic heterocycles. The number of allylic oxidation sites excluding steroid dienone is 2. The smallest absolute Gasteiger partial charge is 0.417 e. The van der Waals surface area contributed by atoms with Gasteiger partial charge in [0.15, 0.2) is 6.04 Å². The molecular formula is C20H15ClF4N4O4. The van der Waals surface area contributed by atoms with E-state index in [0.717, 1.165) is 24.3 Å². The molecule has 2 aromatic rings. The van der Waals surface area contributed by atoms with Gasteiger partial charge in [-0.25, -0.2) is 14.2 Å². The Morgan fingerprint density at radius 3 is 2.52 bits per heavy atom. The number of halogens is 5. The number of urea groups is 1. The fourth-order valence-corrected chi connectivity index (χ4v) is 3.02. The van der Waals surface area contributed by atoms with Gasteiger partial charge < -0.3 is 21.1 Å². The summed E-state index contributed by atoms with van der Waals surface area (Å²) in [5.41, 5.74) is 3.56. The van der Waals surface area contributed by atoms with E-state index in [1.165, 1.54) is 24.4 Å². The predicted molar refractivity (Wildman–Crippen MR) is 110 cm³/mol. The lowest BCUT2D eigenvalue weighted by Crippen LogP contribution is -2.44. The third-order valence-corrected chi connectivity index (χ3v) is 4.59. The molecule has 174 valence electrons. The molecule has 13 heteroatoms. The molecule has 0 radical (unpaired) electrons. The van der Waals surface area contributed by atoms with Gasteiger partial charge >= 0.3 is 12.2 Å². The first kappa shape index (κ1) is 23.9. The quantitative estimate of drug-likeness (QED) is 0.465. The zero-order valence-corrected chi connectivity index (χ0v) is 17.1. The van der Waals surface area contributed by atoms with Crippen molar-refractivity contribution in [1.29, 1.82) is 0 Å². The molecule has 0 saturated heterocycles. The Kier molecular flexibility index (Phi) is 6.79. The minimum atomic E-state index is -4.72. The number of amides is 3. The molecule has 0 spiro atoms. The third-order valence-electron chi connectivity index (χ3n) is 4.26. The summed E-state index contributed by atoms with van der Waals surface area (Å²) in [7, 11) is 0. The highest BCUT2D eigenvalue weighted by molar-refractivity contribution is 6.31. The highest BCUT2D eigenvalue weighted by Crippen LogP contribution is 2.36. The normalized spacial score (nSPS) is 15.6. The van der Waals surface area contributed by atoms with Gasteiger partial charge in [0.25, 0.3) is 5.91 Å². The third kappa shape index (κ3) is 5.73. The highest BCUT2D eigenvalue weighted by Gasteiger charge is 2.33. The number of nitrogens with zero attached hydrogens (tertiary/aromatic N) is 1. The van der Waals surface area contributed by atoms with Gasteiger partial charge in [-0.2, -0.15) is 13.2 Å². The van der Waals surface area contributed by atoms with Crippen molar-refractivity contribution < 1.29 is 37.1 Å². The zero-order valence-electron chi connectivity index (χ0n) is 16.4. The summed E-state index contributed by atoms with van der Waals surface area (Å²) in [4.78, 5) is 23.6. The summed E-state index contributed by atoms with van der Waals surface area (Å²) in [6, 6.07) is 3.68. The van der Waals surface area contributed by atoms with E-state index in [-0.39, 0.29) is 22.9 Å². The van der Waals surface area contributed by atoms with Gasteiger partial charge in [-0.15, -0.1) is 0 Å². The van der Waals surface area contributed by atoms with E-state index in [4.69, 9.17) is 22.1 Å². The maximum Gasteiger partial charge on any atom is 0.417 e. The maximum atomic E-state index is 14.4. The van der Waals surface area contributed by atoms with Crippen molar-refractivity contribution in [3.05, 3.63) is 76.9 Å². The van der Waals surface area contributed by atoms with Crippen LogP contribution in [-0.2, 0) is 11.0 Å². The molecule has 0 bridgehead atoms. The predicted octanol–water partition coefficient (Wildman–Crippen LogP) is 4.48. The summed E-state index contributed by atoms with van der Waals surface area (Å²) < 4.78 is 58.7.